The van der Waals surface area contributed by atoms with E-state index in [4.69, 9.17) is 16.0 Å². The first-order chi connectivity index (χ1) is 8.24. The largest absolute Gasteiger partial charge is 0.469 e. The van der Waals surface area contributed by atoms with Gasteiger partial charge in [-0.25, -0.2) is 0 Å². The molecule has 0 aliphatic rings. The monoisotopic (exact) mass is 268 g/mol. The van der Waals surface area contributed by atoms with Gasteiger partial charge in [-0.2, -0.15) is 4.52 Å². The lowest BCUT2D eigenvalue weighted by molar-refractivity contribution is 0.517. The molecular formula is C9H5ClN4O2S. The average Bonchev–Trinajstić information content (AvgIpc) is 2.91. The number of hydrogen-bond acceptors (Lipinski definition) is 6. The summed E-state index contributed by atoms with van der Waals surface area (Å²) >= 11 is 6.81. The van der Waals surface area contributed by atoms with E-state index in [1.165, 1.54) is 0 Å². The minimum atomic E-state index is -0.324. The molecule has 3 heterocycles. The zero-order chi connectivity index (χ0) is 11.8. The first kappa shape index (κ1) is 10.4. The van der Waals surface area contributed by atoms with Gasteiger partial charge in [0.2, 0.25) is 9.43 Å². The highest BCUT2D eigenvalue weighted by molar-refractivity contribution is 7.20. The van der Waals surface area contributed by atoms with Gasteiger partial charge in [0.15, 0.2) is 0 Å². The number of furan rings is 1. The van der Waals surface area contributed by atoms with Crippen molar-refractivity contribution in [2.24, 2.45) is 0 Å². The molecule has 0 aliphatic carbocycles. The summed E-state index contributed by atoms with van der Waals surface area (Å²) in [6.07, 6.45) is 1.83. The van der Waals surface area contributed by atoms with Crippen LogP contribution < -0.4 is 5.56 Å². The molecule has 0 radical (unpaired) electrons. The number of hydrogen-bond donors (Lipinski definition) is 0. The predicted molar refractivity (Wildman–Crippen MR) is 61.5 cm³/mol. The van der Waals surface area contributed by atoms with Crippen LogP contribution in [0.5, 0.6) is 0 Å². The van der Waals surface area contributed by atoms with Crippen LogP contribution in [0.1, 0.15) is 11.5 Å². The predicted octanol–water partition coefficient (Wildman–Crippen LogP) is 1.38. The maximum atomic E-state index is 12.0. The molecule has 0 fully saturated rings. The maximum absolute atomic E-state index is 12.0. The fourth-order valence-electron chi connectivity index (χ4n) is 1.41. The summed E-state index contributed by atoms with van der Waals surface area (Å²) in [6.45, 7) is 0. The SMILES string of the molecule is O=c1c(Cc2ccco2)nnc2sc(Cl)nn12. The standard InChI is InChI=1S/C9H5ClN4O2S/c10-8-13-14-7(15)6(11-12-9(14)17-8)4-5-2-1-3-16-5/h1-3H,4H2. The Morgan fingerprint density at radius 1 is 1.47 bits per heavy atom. The van der Waals surface area contributed by atoms with Gasteiger partial charge in [-0.15, -0.1) is 15.3 Å². The molecule has 0 saturated heterocycles. The molecule has 0 unspecified atom stereocenters. The molecule has 86 valence electrons. The van der Waals surface area contributed by atoms with Gasteiger partial charge in [-0.05, 0) is 23.7 Å². The Balaban J connectivity index is 2.11. The van der Waals surface area contributed by atoms with E-state index in [-0.39, 0.29) is 22.1 Å². The van der Waals surface area contributed by atoms with Gasteiger partial charge in [0.1, 0.15) is 11.5 Å². The van der Waals surface area contributed by atoms with Gasteiger partial charge < -0.3 is 4.42 Å². The second-order valence-electron chi connectivity index (χ2n) is 3.26. The molecule has 0 N–H and O–H groups in total. The van der Waals surface area contributed by atoms with Gasteiger partial charge in [-0.1, -0.05) is 11.3 Å². The third kappa shape index (κ3) is 1.83. The summed E-state index contributed by atoms with van der Waals surface area (Å²) in [5.41, 5.74) is -0.0473. The average molecular weight is 269 g/mol. The molecule has 0 aliphatic heterocycles. The van der Waals surface area contributed by atoms with E-state index in [1.807, 2.05) is 0 Å². The third-order valence-electron chi connectivity index (χ3n) is 2.15. The van der Waals surface area contributed by atoms with Gasteiger partial charge in [0, 0.05) is 0 Å². The first-order valence-electron chi connectivity index (χ1n) is 4.67. The van der Waals surface area contributed by atoms with E-state index in [9.17, 15) is 4.79 Å². The lowest BCUT2D eigenvalue weighted by atomic mass is 10.2. The zero-order valence-corrected chi connectivity index (χ0v) is 9.90. The van der Waals surface area contributed by atoms with Crippen LogP contribution >= 0.6 is 22.9 Å². The molecular weight excluding hydrogens is 264 g/mol. The van der Waals surface area contributed by atoms with Crippen molar-refractivity contribution in [3.63, 3.8) is 0 Å². The summed E-state index contributed by atoms with van der Waals surface area (Å²) < 4.78 is 6.56. The summed E-state index contributed by atoms with van der Waals surface area (Å²) in [4.78, 5) is 12.4. The van der Waals surface area contributed by atoms with Crippen molar-refractivity contribution in [1.29, 1.82) is 0 Å². The quantitative estimate of drug-likeness (QED) is 0.702. The van der Waals surface area contributed by atoms with Gasteiger partial charge in [0.25, 0.3) is 5.56 Å². The van der Waals surface area contributed by atoms with Crippen molar-refractivity contribution >= 4 is 27.9 Å². The molecule has 3 aromatic heterocycles. The van der Waals surface area contributed by atoms with Gasteiger partial charge in [0.05, 0.1) is 12.7 Å². The Morgan fingerprint density at radius 3 is 3.12 bits per heavy atom. The van der Waals surface area contributed by atoms with Gasteiger partial charge >= 0.3 is 0 Å². The smallest absolute Gasteiger partial charge is 0.297 e. The van der Waals surface area contributed by atoms with Crippen molar-refractivity contribution in [3.8, 4) is 0 Å². The Kier molecular flexibility index (Phi) is 2.41. The Bertz CT molecular complexity index is 718. The van der Waals surface area contributed by atoms with E-state index in [0.29, 0.717) is 10.7 Å². The molecule has 8 heteroatoms. The fourth-order valence-corrected chi connectivity index (χ4v) is 2.26. The van der Waals surface area contributed by atoms with Crippen LogP contribution in [-0.2, 0) is 6.42 Å². The van der Waals surface area contributed by atoms with Crippen LogP contribution in [0.4, 0.5) is 0 Å². The number of aromatic nitrogens is 4. The normalized spacial score (nSPS) is 11.1. The summed E-state index contributed by atoms with van der Waals surface area (Å²) in [5, 5.41) is 11.6. The molecule has 0 amide bonds. The maximum Gasteiger partial charge on any atom is 0.297 e. The van der Waals surface area contributed by atoms with E-state index >= 15 is 0 Å². The van der Waals surface area contributed by atoms with Crippen LogP contribution in [-0.4, -0.2) is 19.8 Å². The lowest BCUT2D eigenvalue weighted by Crippen LogP contribution is -2.21. The Labute approximate surface area is 103 Å². The summed E-state index contributed by atoms with van der Waals surface area (Å²) in [6, 6.07) is 3.52. The Morgan fingerprint density at radius 2 is 2.35 bits per heavy atom. The highest BCUT2D eigenvalue weighted by atomic mass is 35.5. The zero-order valence-electron chi connectivity index (χ0n) is 8.33. The third-order valence-corrected chi connectivity index (χ3v) is 3.15. The topological polar surface area (TPSA) is 73.3 Å². The molecule has 17 heavy (non-hydrogen) atoms. The highest BCUT2D eigenvalue weighted by Gasteiger charge is 2.12. The number of rotatable bonds is 2. The van der Waals surface area contributed by atoms with Crippen LogP contribution in [0.2, 0.25) is 4.47 Å². The van der Waals surface area contributed by atoms with Crippen molar-refractivity contribution in [2.45, 2.75) is 6.42 Å². The second kappa shape index (κ2) is 3.94. The van der Waals surface area contributed by atoms with E-state index in [1.54, 1.807) is 18.4 Å². The van der Waals surface area contributed by atoms with Crippen molar-refractivity contribution < 1.29 is 4.42 Å². The fraction of sp³-hybridized carbons (Fsp3) is 0.111. The van der Waals surface area contributed by atoms with Crippen LogP contribution in [0, 0.1) is 0 Å². The van der Waals surface area contributed by atoms with Crippen molar-refractivity contribution in [3.05, 3.63) is 44.7 Å². The van der Waals surface area contributed by atoms with Crippen LogP contribution in [0.25, 0.3) is 4.96 Å². The lowest BCUT2D eigenvalue weighted by Gasteiger charge is -1.95. The van der Waals surface area contributed by atoms with Crippen LogP contribution in [0.3, 0.4) is 0 Å². The van der Waals surface area contributed by atoms with E-state index in [0.717, 1.165) is 15.9 Å². The summed E-state index contributed by atoms with van der Waals surface area (Å²) in [7, 11) is 0. The van der Waals surface area contributed by atoms with E-state index in [2.05, 4.69) is 15.3 Å². The highest BCUT2D eigenvalue weighted by Crippen LogP contribution is 2.15. The second-order valence-corrected chi connectivity index (χ2v) is 4.80. The molecule has 0 spiro atoms. The molecule has 0 aromatic carbocycles. The minimum absolute atomic E-state index is 0.256. The minimum Gasteiger partial charge on any atom is -0.469 e. The van der Waals surface area contributed by atoms with Crippen molar-refractivity contribution in [2.75, 3.05) is 0 Å². The molecule has 0 saturated carbocycles. The molecule has 3 aromatic rings. The van der Waals surface area contributed by atoms with E-state index < -0.39 is 0 Å². The molecule has 0 atom stereocenters. The molecule has 0 bridgehead atoms. The van der Waals surface area contributed by atoms with Crippen LogP contribution in [0.15, 0.2) is 27.6 Å². The molecule has 3 rings (SSSR count). The Hall–Kier alpha value is -1.73. The number of nitrogens with zero attached hydrogens (tertiary/aromatic N) is 4. The number of halogens is 1. The van der Waals surface area contributed by atoms with Crippen molar-refractivity contribution in [1.82, 2.24) is 19.8 Å². The number of fused-ring (bicyclic) bond motifs is 1. The summed E-state index contributed by atoms with van der Waals surface area (Å²) in [5.74, 6) is 0.651. The van der Waals surface area contributed by atoms with Gasteiger partial charge in [-0.3, -0.25) is 4.79 Å². The first-order valence-corrected chi connectivity index (χ1v) is 5.87. The molecule has 6 nitrogen and oxygen atoms in total.